The van der Waals surface area contributed by atoms with Crippen LogP contribution in [0.4, 0.5) is 0 Å². The maximum atomic E-state index is 13.3. The molecule has 2 aliphatic carbocycles. The average molecular weight is 334 g/mol. The molecular weight excluding hydrogens is 312 g/mol. The van der Waals surface area contributed by atoms with E-state index in [1.54, 1.807) is 19.2 Å². The van der Waals surface area contributed by atoms with Crippen LogP contribution in [-0.4, -0.2) is 51.0 Å². The van der Waals surface area contributed by atoms with Gasteiger partial charge in [0.2, 0.25) is 0 Å². The van der Waals surface area contributed by atoms with E-state index in [2.05, 4.69) is 0 Å². The summed E-state index contributed by atoms with van der Waals surface area (Å²) in [5.41, 5.74) is 0.433. The Hall–Kier alpha value is -1.79. The van der Waals surface area contributed by atoms with Crippen LogP contribution >= 0.6 is 0 Å². The van der Waals surface area contributed by atoms with Crippen molar-refractivity contribution in [1.29, 1.82) is 0 Å². The van der Waals surface area contributed by atoms with Crippen molar-refractivity contribution in [3.05, 3.63) is 17.7 Å². The van der Waals surface area contributed by atoms with Crippen LogP contribution < -0.4 is 14.2 Å². The van der Waals surface area contributed by atoms with Gasteiger partial charge in [0.1, 0.15) is 22.8 Å². The zero-order chi connectivity index (χ0) is 17.0. The Kier molecular flexibility index (Phi) is 3.69. The van der Waals surface area contributed by atoms with Crippen LogP contribution in [0.2, 0.25) is 0 Å². The lowest BCUT2D eigenvalue weighted by Crippen LogP contribution is -2.55. The van der Waals surface area contributed by atoms with Gasteiger partial charge in [0.25, 0.3) is 0 Å². The minimum Gasteiger partial charge on any atom is -0.496 e. The Morgan fingerprint density at radius 2 is 1.79 bits per heavy atom. The molecule has 0 radical (unpaired) electrons. The number of carbonyl (C=O) groups is 1. The van der Waals surface area contributed by atoms with E-state index in [1.807, 2.05) is 0 Å². The van der Waals surface area contributed by atoms with E-state index in [1.165, 1.54) is 14.2 Å². The van der Waals surface area contributed by atoms with Gasteiger partial charge in [0.05, 0.1) is 40.1 Å². The Morgan fingerprint density at radius 3 is 2.38 bits per heavy atom. The molecule has 0 bridgehead atoms. The maximum Gasteiger partial charge on any atom is 0.173 e. The summed E-state index contributed by atoms with van der Waals surface area (Å²) in [4.78, 5) is 13.3. The van der Waals surface area contributed by atoms with Gasteiger partial charge in [0, 0.05) is 24.0 Å². The summed E-state index contributed by atoms with van der Waals surface area (Å²) < 4.78 is 21.7. The summed E-state index contributed by atoms with van der Waals surface area (Å²) in [6.45, 7) is 0.642. The number of Topliss-reactive ketones (excluding diaryl/α,β-unsaturated/α-hetero) is 1. The maximum absolute atomic E-state index is 13.3. The minimum absolute atomic E-state index is 0.0217. The number of hydrogen-bond acceptors (Lipinski definition) is 6. The number of hydrogen-bond donors (Lipinski definition) is 1. The summed E-state index contributed by atoms with van der Waals surface area (Å²) in [5.74, 6) is 1.86. The van der Waals surface area contributed by atoms with Gasteiger partial charge < -0.3 is 24.1 Å². The molecule has 1 N–H and O–H groups in total. The largest absolute Gasteiger partial charge is 0.496 e. The van der Waals surface area contributed by atoms with Crippen LogP contribution in [0.15, 0.2) is 12.1 Å². The molecule has 1 saturated heterocycles. The Labute approximate surface area is 140 Å². The Balaban J connectivity index is 1.70. The minimum atomic E-state index is -0.549. The van der Waals surface area contributed by atoms with Crippen LogP contribution in [-0.2, 0) is 4.74 Å². The van der Waals surface area contributed by atoms with Gasteiger partial charge in [-0.05, 0) is 18.3 Å². The van der Waals surface area contributed by atoms with Crippen molar-refractivity contribution in [2.75, 3.05) is 27.9 Å². The molecule has 3 fully saturated rings. The molecule has 1 aliphatic heterocycles. The van der Waals surface area contributed by atoms with Gasteiger partial charge in [-0.25, -0.2) is 0 Å². The number of rotatable bonds is 5. The van der Waals surface area contributed by atoms with Crippen LogP contribution in [0, 0.1) is 23.7 Å². The van der Waals surface area contributed by atoms with Gasteiger partial charge >= 0.3 is 0 Å². The van der Waals surface area contributed by atoms with E-state index in [4.69, 9.17) is 18.9 Å². The molecule has 0 amide bonds. The van der Waals surface area contributed by atoms with Crippen molar-refractivity contribution in [3.8, 4) is 17.2 Å². The Morgan fingerprint density at radius 1 is 1.12 bits per heavy atom. The number of carbonyl (C=O) groups excluding carboxylic acids is 1. The number of ketones is 1. The van der Waals surface area contributed by atoms with E-state index in [9.17, 15) is 9.90 Å². The van der Waals surface area contributed by atoms with Crippen LogP contribution in [0.1, 0.15) is 16.8 Å². The molecule has 1 aromatic carbocycles. The molecule has 0 aromatic heterocycles. The number of aliphatic hydroxyl groups is 1. The molecule has 3 aliphatic rings. The highest BCUT2D eigenvalue weighted by atomic mass is 16.5. The fourth-order valence-electron chi connectivity index (χ4n) is 4.82. The lowest BCUT2D eigenvalue weighted by molar-refractivity contribution is -0.139. The SMILES string of the molecule is COc1cc(OC)c(C(=O)[C@@H]2C[C@@H]3CO[C@@H]4[C@H](O)[C@H]2[C@H]34)c(OC)c1. The third-order valence-electron chi connectivity index (χ3n) is 5.92. The molecule has 0 unspecified atom stereocenters. The first-order chi connectivity index (χ1) is 11.6. The molecule has 24 heavy (non-hydrogen) atoms. The van der Waals surface area contributed by atoms with Gasteiger partial charge in [-0.3, -0.25) is 4.79 Å². The fraction of sp³-hybridized carbons (Fsp3) is 0.611. The smallest absolute Gasteiger partial charge is 0.173 e. The highest BCUT2D eigenvalue weighted by Gasteiger charge is 2.65. The second-order valence-electron chi connectivity index (χ2n) is 6.82. The van der Waals surface area contributed by atoms with Crippen molar-refractivity contribution in [3.63, 3.8) is 0 Å². The molecular formula is C18H22O6. The van der Waals surface area contributed by atoms with Gasteiger partial charge in [-0.2, -0.15) is 0 Å². The number of ether oxygens (including phenoxy) is 4. The van der Waals surface area contributed by atoms with E-state index in [-0.39, 0.29) is 23.7 Å². The highest BCUT2D eigenvalue weighted by Crippen LogP contribution is 2.59. The van der Waals surface area contributed by atoms with Crippen LogP contribution in [0.3, 0.4) is 0 Å². The fourth-order valence-corrected chi connectivity index (χ4v) is 4.82. The molecule has 6 atom stereocenters. The third kappa shape index (κ3) is 1.99. The first-order valence-corrected chi connectivity index (χ1v) is 8.24. The lowest BCUT2D eigenvalue weighted by atomic mass is 9.65. The standard InChI is InChI=1S/C18H22O6/c1-21-9-5-11(22-2)15(12(6-9)23-3)16(19)10-4-8-7-24-18-13(8)14(10)17(18)20/h5-6,8,10,13-14,17-18,20H,4,7H2,1-3H3/t8-,10-,13+,14-,17-,18+/m1/s1. The highest BCUT2D eigenvalue weighted by molar-refractivity contribution is 6.03. The summed E-state index contributed by atoms with van der Waals surface area (Å²) in [7, 11) is 4.60. The average Bonchev–Trinajstić information content (AvgIpc) is 3.12. The van der Waals surface area contributed by atoms with Gasteiger partial charge in [-0.15, -0.1) is 0 Å². The van der Waals surface area contributed by atoms with Crippen molar-refractivity contribution in [2.24, 2.45) is 23.7 Å². The molecule has 6 heteroatoms. The summed E-state index contributed by atoms with van der Waals surface area (Å²) >= 11 is 0. The van der Waals surface area contributed by atoms with Gasteiger partial charge in [-0.1, -0.05) is 0 Å². The first-order valence-electron chi connectivity index (χ1n) is 8.24. The van der Waals surface area contributed by atoms with E-state index < -0.39 is 6.10 Å². The predicted molar refractivity (Wildman–Crippen MR) is 84.8 cm³/mol. The van der Waals surface area contributed by atoms with Crippen LogP contribution in [0.5, 0.6) is 17.2 Å². The zero-order valence-corrected chi connectivity index (χ0v) is 14.0. The number of methoxy groups -OCH3 is 3. The van der Waals surface area contributed by atoms with Gasteiger partial charge in [0.15, 0.2) is 5.78 Å². The molecule has 2 saturated carbocycles. The molecule has 4 rings (SSSR count). The molecule has 1 aromatic rings. The third-order valence-corrected chi connectivity index (χ3v) is 5.92. The van der Waals surface area contributed by atoms with E-state index >= 15 is 0 Å². The summed E-state index contributed by atoms with van der Waals surface area (Å²) in [6, 6.07) is 3.38. The van der Waals surface area contributed by atoms with Crippen LogP contribution in [0.25, 0.3) is 0 Å². The van der Waals surface area contributed by atoms with E-state index in [0.29, 0.717) is 41.3 Å². The van der Waals surface area contributed by atoms with Crippen molar-refractivity contribution >= 4 is 5.78 Å². The van der Waals surface area contributed by atoms with Crippen molar-refractivity contribution in [1.82, 2.24) is 0 Å². The molecule has 0 spiro atoms. The van der Waals surface area contributed by atoms with E-state index in [0.717, 1.165) is 6.42 Å². The normalized spacial score (nSPS) is 36.0. The number of benzene rings is 1. The monoisotopic (exact) mass is 334 g/mol. The zero-order valence-electron chi connectivity index (χ0n) is 14.0. The van der Waals surface area contributed by atoms with Crippen molar-refractivity contribution < 1.29 is 28.8 Å². The second kappa shape index (κ2) is 5.63. The topological polar surface area (TPSA) is 74.2 Å². The molecule has 1 heterocycles. The van der Waals surface area contributed by atoms with Crippen molar-refractivity contribution in [2.45, 2.75) is 18.6 Å². The lowest BCUT2D eigenvalue weighted by Gasteiger charge is -2.44. The predicted octanol–water partition coefficient (Wildman–Crippen LogP) is 1.54. The second-order valence-corrected chi connectivity index (χ2v) is 6.82. The summed E-state index contributed by atoms with van der Waals surface area (Å²) in [5, 5.41) is 10.3. The Bertz CT molecular complexity index is 646. The first kappa shape index (κ1) is 15.7. The number of aliphatic hydroxyl groups excluding tert-OH is 1. The molecule has 130 valence electrons. The quantitative estimate of drug-likeness (QED) is 0.824. The summed E-state index contributed by atoms with van der Waals surface area (Å²) in [6.07, 6.45) is 0.115. The molecule has 6 nitrogen and oxygen atoms in total.